The van der Waals surface area contributed by atoms with Crippen molar-refractivity contribution in [1.29, 1.82) is 0 Å². The van der Waals surface area contributed by atoms with Crippen LogP contribution in [0.2, 0.25) is 5.02 Å². The summed E-state index contributed by atoms with van der Waals surface area (Å²) >= 11 is 5.72. The molecule has 0 aliphatic rings. The molecule has 0 amide bonds. The molecule has 1 aromatic carbocycles. The summed E-state index contributed by atoms with van der Waals surface area (Å²) in [6.07, 6.45) is 0.243. The van der Waals surface area contributed by atoms with Gasteiger partial charge < -0.3 is 5.11 Å². The van der Waals surface area contributed by atoms with Crippen molar-refractivity contribution in [2.75, 3.05) is 0 Å². The second kappa shape index (κ2) is 6.00. The number of nitrogens with zero attached hydrogens (tertiary/aromatic N) is 3. The van der Waals surface area contributed by atoms with Crippen LogP contribution in [0.5, 0.6) is 0 Å². The Labute approximate surface area is 97.3 Å². The van der Waals surface area contributed by atoms with Crippen LogP contribution in [0.15, 0.2) is 29.4 Å². The smallest absolute Gasteiger partial charge is 0.303 e. The molecule has 0 radical (unpaired) electrons. The van der Waals surface area contributed by atoms with E-state index in [2.05, 4.69) is 10.0 Å². The number of carbonyl (C=O) groups is 1. The van der Waals surface area contributed by atoms with Gasteiger partial charge >= 0.3 is 5.97 Å². The first-order valence-corrected chi connectivity index (χ1v) is 5.02. The third-order valence-corrected chi connectivity index (χ3v) is 2.33. The van der Waals surface area contributed by atoms with Crippen LogP contribution in [-0.4, -0.2) is 11.1 Å². The van der Waals surface area contributed by atoms with Crippen molar-refractivity contribution in [3.05, 3.63) is 45.3 Å². The first-order valence-electron chi connectivity index (χ1n) is 4.65. The average molecular weight is 240 g/mol. The number of hydrogen-bond acceptors (Lipinski definition) is 2. The maximum atomic E-state index is 10.4. The van der Waals surface area contributed by atoms with Gasteiger partial charge in [-0.2, -0.15) is 0 Å². The van der Waals surface area contributed by atoms with Gasteiger partial charge in [-0.05, 0) is 29.6 Å². The van der Waals surface area contributed by atoms with Gasteiger partial charge in [0, 0.05) is 16.4 Å². The van der Waals surface area contributed by atoms with Crippen molar-refractivity contribution in [3.8, 4) is 0 Å². The minimum absolute atomic E-state index is 0.0354. The van der Waals surface area contributed by atoms with Gasteiger partial charge in [0.05, 0.1) is 6.04 Å². The summed E-state index contributed by atoms with van der Waals surface area (Å²) in [6.45, 7) is 0. The Morgan fingerprint density at radius 3 is 2.62 bits per heavy atom. The Morgan fingerprint density at radius 2 is 2.12 bits per heavy atom. The van der Waals surface area contributed by atoms with Crippen molar-refractivity contribution >= 4 is 17.6 Å². The normalized spacial score (nSPS) is 11.6. The van der Waals surface area contributed by atoms with Crippen LogP contribution >= 0.6 is 11.6 Å². The average Bonchev–Trinajstić information content (AvgIpc) is 2.25. The van der Waals surface area contributed by atoms with E-state index in [0.717, 1.165) is 5.56 Å². The minimum atomic E-state index is -0.910. The van der Waals surface area contributed by atoms with Gasteiger partial charge in [0.1, 0.15) is 0 Å². The molecule has 0 aliphatic carbocycles. The van der Waals surface area contributed by atoms with E-state index in [4.69, 9.17) is 22.2 Å². The summed E-state index contributed by atoms with van der Waals surface area (Å²) in [5, 5.41) is 12.7. The van der Waals surface area contributed by atoms with E-state index in [9.17, 15) is 4.79 Å². The lowest BCUT2D eigenvalue weighted by Gasteiger charge is -2.09. The van der Waals surface area contributed by atoms with Gasteiger partial charge in [0.25, 0.3) is 0 Å². The lowest BCUT2D eigenvalue weighted by atomic mass is 10.0. The number of rotatable bonds is 5. The molecule has 0 bridgehead atoms. The van der Waals surface area contributed by atoms with Gasteiger partial charge in [-0.15, -0.1) is 0 Å². The molecular formula is C10H10ClN3O2. The highest BCUT2D eigenvalue weighted by molar-refractivity contribution is 6.30. The Hall–Kier alpha value is -1.71. The zero-order valence-electron chi connectivity index (χ0n) is 8.38. The standard InChI is InChI=1S/C10H10ClN3O2/c11-8-3-1-7(2-4-8)9(13-14-12)5-6-10(15)16/h1-4,9H,5-6H2,(H,15,16). The van der Waals surface area contributed by atoms with Crippen LogP contribution in [0.25, 0.3) is 10.4 Å². The van der Waals surface area contributed by atoms with Crippen LogP contribution in [0.3, 0.4) is 0 Å². The molecule has 0 saturated carbocycles. The maximum absolute atomic E-state index is 10.4. The molecule has 1 unspecified atom stereocenters. The van der Waals surface area contributed by atoms with Gasteiger partial charge in [-0.3, -0.25) is 4.79 Å². The molecule has 1 atom stereocenters. The third kappa shape index (κ3) is 3.81. The van der Waals surface area contributed by atoms with E-state index in [1.54, 1.807) is 24.3 Å². The molecule has 0 heterocycles. The number of aliphatic carboxylic acids is 1. The topological polar surface area (TPSA) is 86.1 Å². The third-order valence-electron chi connectivity index (χ3n) is 2.08. The lowest BCUT2D eigenvalue weighted by molar-refractivity contribution is -0.137. The summed E-state index contributed by atoms with van der Waals surface area (Å²) in [4.78, 5) is 13.1. The van der Waals surface area contributed by atoms with Crippen molar-refractivity contribution in [1.82, 2.24) is 0 Å². The van der Waals surface area contributed by atoms with Crippen LogP contribution in [-0.2, 0) is 4.79 Å². The number of hydrogen-bond donors (Lipinski definition) is 1. The largest absolute Gasteiger partial charge is 0.481 e. The summed E-state index contributed by atoms with van der Waals surface area (Å²) < 4.78 is 0. The Morgan fingerprint density at radius 1 is 1.50 bits per heavy atom. The van der Waals surface area contributed by atoms with E-state index in [-0.39, 0.29) is 12.8 Å². The van der Waals surface area contributed by atoms with Crippen molar-refractivity contribution in [3.63, 3.8) is 0 Å². The molecule has 16 heavy (non-hydrogen) atoms. The van der Waals surface area contributed by atoms with Gasteiger partial charge in [-0.25, -0.2) is 0 Å². The van der Waals surface area contributed by atoms with Crippen LogP contribution in [0.1, 0.15) is 24.4 Å². The summed E-state index contributed by atoms with van der Waals surface area (Å²) in [6, 6.07) is 6.35. The SMILES string of the molecule is [N-]=[N+]=NC(CCC(=O)O)c1ccc(Cl)cc1. The highest BCUT2D eigenvalue weighted by atomic mass is 35.5. The van der Waals surface area contributed by atoms with Gasteiger partial charge in [0.2, 0.25) is 0 Å². The zero-order valence-corrected chi connectivity index (χ0v) is 9.13. The van der Waals surface area contributed by atoms with E-state index in [1.165, 1.54) is 0 Å². The number of azide groups is 1. The Kier molecular flexibility index (Phi) is 4.64. The molecular weight excluding hydrogens is 230 g/mol. The fourth-order valence-electron chi connectivity index (χ4n) is 1.30. The van der Waals surface area contributed by atoms with E-state index >= 15 is 0 Å². The van der Waals surface area contributed by atoms with Crippen molar-refractivity contribution < 1.29 is 9.90 Å². The van der Waals surface area contributed by atoms with Gasteiger partial charge in [0.15, 0.2) is 0 Å². The fraction of sp³-hybridized carbons (Fsp3) is 0.300. The molecule has 1 N–H and O–H groups in total. The first-order chi connectivity index (χ1) is 7.63. The molecule has 0 aromatic heterocycles. The predicted octanol–water partition coefficient (Wildman–Crippen LogP) is 3.56. The monoisotopic (exact) mass is 239 g/mol. The second-order valence-electron chi connectivity index (χ2n) is 3.20. The van der Waals surface area contributed by atoms with E-state index in [0.29, 0.717) is 5.02 Å². The summed E-state index contributed by atoms with van der Waals surface area (Å²) in [5.41, 5.74) is 9.17. The van der Waals surface area contributed by atoms with Crippen molar-refractivity contribution in [2.24, 2.45) is 5.11 Å². The zero-order chi connectivity index (χ0) is 12.0. The summed E-state index contributed by atoms with van der Waals surface area (Å²) in [5.74, 6) is -0.910. The molecule has 0 spiro atoms. The van der Waals surface area contributed by atoms with Gasteiger partial charge in [-0.1, -0.05) is 28.8 Å². The quantitative estimate of drug-likeness (QED) is 0.484. The Balaban J connectivity index is 2.80. The molecule has 0 fully saturated rings. The van der Waals surface area contributed by atoms with Crippen LogP contribution in [0, 0.1) is 0 Å². The van der Waals surface area contributed by atoms with Crippen LogP contribution in [0.4, 0.5) is 0 Å². The second-order valence-corrected chi connectivity index (χ2v) is 3.64. The Bertz CT molecular complexity index is 413. The molecule has 1 aromatic rings. The highest BCUT2D eigenvalue weighted by Crippen LogP contribution is 2.24. The number of benzene rings is 1. The van der Waals surface area contributed by atoms with Crippen molar-refractivity contribution in [2.45, 2.75) is 18.9 Å². The summed E-state index contributed by atoms with van der Waals surface area (Å²) in [7, 11) is 0. The predicted molar refractivity (Wildman–Crippen MR) is 60.2 cm³/mol. The van der Waals surface area contributed by atoms with E-state index in [1.807, 2.05) is 0 Å². The molecule has 6 heteroatoms. The molecule has 5 nitrogen and oxygen atoms in total. The van der Waals surface area contributed by atoms with Crippen LogP contribution < -0.4 is 0 Å². The molecule has 0 aliphatic heterocycles. The number of carboxylic acid groups (broad SMARTS) is 1. The maximum Gasteiger partial charge on any atom is 0.303 e. The molecule has 1 rings (SSSR count). The number of halogens is 1. The number of carboxylic acids is 1. The fourth-order valence-corrected chi connectivity index (χ4v) is 1.42. The van der Waals surface area contributed by atoms with E-state index < -0.39 is 12.0 Å². The molecule has 84 valence electrons. The molecule has 0 saturated heterocycles. The minimum Gasteiger partial charge on any atom is -0.481 e. The highest BCUT2D eigenvalue weighted by Gasteiger charge is 2.11. The first kappa shape index (κ1) is 12.4. The lowest BCUT2D eigenvalue weighted by Crippen LogP contribution is -2.00.